The van der Waals surface area contributed by atoms with Gasteiger partial charge in [-0.2, -0.15) is 11.8 Å². The van der Waals surface area contributed by atoms with E-state index in [1.54, 1.807) is 6.33 Å². The van der Waals surface area contributed by atoms with Crippen molar-refractivity contribution in [3.05, 3.63) is 12.2 Å². The molecule has 1 unspecified atom stereocenters. The highest BCUT2D eigenvalue weighted by atomic mass is 32.2. The fourth-order valence-corrected chi connectivity index (χ4v) is 3.37. The molecule has 1 atom stereocenters. The Labute approximate surface area is 124 Å². The molecule has 2 rings (SSSR count). The molecule has 7 heteroatoms. The predicted octanol–water partition coefficient (Wildman–Crippen LogP) is 1.25. The molecule has 0 aromatic carbocycles. The fourth-order valence-electron chi connectivity index (χ4n) is 2.17. The van der Waals surface area contributed by atoms with Crippen LogP contribution in [0, 0.1) is 0 Å². The Morgan fingerprint density at radius 3 is 3.10 bits per heavy atom. The Morgan fingerprint density at radius 2 is 2.40 bits per heavy atom. The molecule has 0 aliphatic carbocycles. The van der Waals surface area contributed by atoms with Crippen LogP contribution in [-0.4, -0.2) is 44.8 Å². The van der Waals surface area contributed by atoms with Crippen LogP contribution in [0.3, 0.4) is 0 Å². The van der Waals surface area contributed by atoms with E-state index in [1.165, 1.54) is 18.6 Å². The Balaban J connectivity index is 1.87. The minimum Gasteiger partial charge on any atom is -0.357 e. The Bertz CT molecular complexity index is 424. The van der Waals surface area contributed by atoms with Crippen LogP contribution in [0.2, 0.25) is 0 Å². The second-order valence-corrected chi connectivity index (χ2v) is 6.15. The zero-order valence-corrected chi connectivity index (χ0v) is 13.1. The first-order chi connectivity index (χ1) is 9.83. The smallest absolute Gasteiger partial charge is 0.191 e. The van der Waals surface area contributed by atoms with Crippen LogP contribution in [0.4, 0.5) is 0 Å². The molecule has 112 valence electrons. The number of aryl methyl sites for hydroxylation is 1. The molecule has 2 heterocycles. The molecule has 0 radical (unpaired) electrons. The molecule has 1 fully saturated rings. The summed E-state index contributed by atoms with van der Waals surface area (Å²) < 4.78 is 2.01. The molecule has 6 nitrogen and oxygen atoms in total. The van der Waals surface area contributed by atoms with E-state index in [0.29, 0.717) is 6.54 Å². The lowest BCUT2D eigenvalue weighted by Gasteiger charge is -2.14. The summed E-state index contributed by atoms with van der Waals surface area (Å²) in [5, 5.41) is 15.5. The van der Waals surface area contributed by atoms with E-state index in [2.05, 4.69) is 51.4 Å². The average molecular weight is 296 g/mol. The van der Waals surface area contributed by atoms with Crippen LogP contribution in [0.1, 0.15) is 32.5 Å². The first kappa shape index (κ1) is 15.2. The zero-order chi connectivity index (χ0) is 14.2. The third kappa shape index (κ3) is 4.40. The monoisotopic (exact) mass is 296 g/mol. The van der Waals surface area contributed by atoms with E-state index < -0.39 is 0 Å². The molecule has 0 bridgehead atoms. The second-order valence-electron chi connectivity index (χ2n) is 4.74. The number of aromatic nitrogens is 3. The van der Waals surface area contributed by atoms with Gasteiger partial charge in [0.25, 0.3) is 0 Å². The number of nitrogens with one attached hydrogen (secondary N) is 2. The summed E-state index contributed by atoms with van der Waals surface area (Å²) in [7, 11) is 0. The van der Waals surface area contributed by atoms with Crippen molar-refractivity contribution in [1.82, 2.24) is 25.4 Å². The average Bonchev–Trinajstić information content (AvgIpc) is 3.12. The summed E-state index contributed by atoms with van der Waals surface area (Å²) in [6, 6.07) is 0. The van der Waals surface area contributed by atoms with Crippen molar-refractivity contribution in [2.45, 2.75) is 45.0 Å². The molecule has 0 amide bonds. The van der Waals surface area contributed by atoms with E-state index in [0.717, 1.165) is 36.7 Å². The number of nitrogens with zero attached hydrogens (tertiary/aromatic N) is 4. The standard InChI is InChI=1S/C13H24N6S/c1-3-14-13(15-8-11-6-5-7-20-11)16-9-12-18-17-10-19(12)4-2/h10-11H,3-9H2,1-2H3,(H2,14,15,16). The molecular formula is C13H24N6S. The number of hydrogen-bond donors (Lipinski definition) is 2. The first-order valence-corrected chi connectivity index (χ1v) is 8.38. The SMILES string of the molecule is CCNC(=NCc1nncn1CC)NCC1CCCS1. The largest absolute Gasteiger partial charge is 0.357 e. The Morgan fingerprint density at radius 1 is 1.50 bits per heavy atom. The third-order valence-corrected chi connectivity index (χ3v) is 4.68. The highest BCUT2D eigenvalue weighted by Gasteiger charge is 2.15. The van der Waals surface area contributed by atoms with Gasteiger partial charge in [-0.15, -0.1) is 10.2 Å². The lowest BCUT2D eigenvalue weighted by atomic mass is 10.2. The number of aliphatic imine (C=N–C) groups is 1. The topological polar surface area (TPSA) is 67.1 Å². The minimum absolute atomic E-state index is 0.557. The summed E-state index contributed by atoms with van der Waals surface area (Å²) in [5.41, 5.74) is 0. The molecule has 1 aromatic heterocycles. The van der Waals surface area contributed by atoms with Crippen molar-refractivity contribution < 1.29 is 0 Å². The van der Waals surface area contributed by atoms with Crippen molar-refractivity contribution in [3.8, 4) is 0 Å². The van der Waals surface area contributed by atoms with Gasteiger partial charge in [0.1, 0.15) is 12.9 Å². The van der Waals surface area contributed by atoms with Crippen LogP contribution in [0.15, 0.2) is 11.3 Å². The van der Waals surface area contributed by atoms with Gasteiger partial charge in [-0.05, 0) is 32.4 Å². The van der Waals surface area contributed by atoms with E-state index in [1.807, 2.05) is 4.57 Å². The van der Waals surface area contributed by atoms with Gasteiger partial charge in [-0.3, -0.25) is 0 Å². The van der Waals surface area contributed by atoms with Crippen molar-refractivity contribution in [2.75, 3.05) is 18.8 Å². The molecule has 2 N–H and O–H groups in total. The predicted molar refractivity (Wildman–Crippen MR) is 84.0 cm³/mol. The molecule has 0 spiro atoms. The lowest BCUT2D eigenvalue weighted by Crippen LogP contribution is -2.40. The van der Waals surface area contributed by atoms with Crippen LogP contribution in [0.25, 0.3) is 0 Å². The maximum absolute atomic E-state index is 4.59. The van der Waals surface area contributed by atoms with Crippen molar-refractivity contribution in [3.63, 3.8) is 0 Å². The van der Waals surface area contributed by atoms with Crippen molar-refractivity contribution in [1.29, 1.82) is 0 Å². The lowest BCUT2D eigenvalue weighted by molar-refractivity contribution is 0.690. The molecule has 0 saturated carbocycles. The van der Waals surface area contributed by atoms with Crippen LogP contribution in [0.5, 0.6) is 0 Å². The molecule has 20 heavy (non-hydrogen) atoms. The van der Waals surface area contributed by atoms with Gasteiger partial charge in [0.05, 0.1) is 0 Å². The molecule has 1 saturated heterocycles. The third-order valence-electron chi connectivity index (χ3n) is 3.28. The van der Waals surface area contributed by atoms with Crippen LogP contribution in [-0.2, 0) is 13.1 Å². The van der Waals surface area contributed by atoms with Gasteiger partial charge < -0.3 is 15.2 Å². The maximum atomic E-state index is 4.59. The van der Waals surface area contributed by atoms with E-state index in [4.69, 9.17) is 0 Å². The molecule has 1 aliphatic rings. The second kappa shape index (κ2) is 8.14. The van der Waals surface area contributed by atoms with Crippen LogP contribution < -0.4 is 10.6 Å². The number of thioether (sulfide) groups is 1. The summed E-state index contributed by atoms with van der Waals surface area (Å²) in [4.78, 5) is 4.59. The van der Waals surface area contributed by atoms with Gasteiger partial charge in [-0.1, -0.05) is 0 Å². The van der Waals surface area contributed by atoms with Gasteiger partial charge in [0.2, 0.25) is 0 Å². The summed E-state index contributed by atoms with van der Waals surface area (Å²) in [5.74, 6) is 3.06. The number of rotatable bonds is 6. The van der Waals surface area contributed by atoms with Gasteiger partial charge in [-0.25, -0.2) is 4.99 Å². The highest BCUT2D eigenvalue weighted by Crippen LogP contribution is 2.25. The quantitative estimate of drug-likeness (QED) is 0.611. The molecular weight excluding hydrogens is 272 g/mol. The van der Waals surface area contributed by atoms with E-state index >= 15 is 0 Å². The summed E-state index contributed by atoms with van der Waals surface area (Å²) in [6.07, 6.45) is 4.39. The van der Waals surface area contributed by atoms with Gasteiger partial charge in [0, 0.05) is 24.9 Å². The maximum Gasteiger partial charge on any atom is 0.191 e. The van der Waals surface area contributed by atoms with Crippen molar-refractivity contribution >= 4 is 17.7 Å². The van der Waals surface area contributed by atoms with E-state index in [-0.39, 0.29) is 0 Å². The normalized spacial score (nSPS) is 19.3. The number of guanidine groups is 1. The first-order valence-electron chi connectivity index (χ1n) is 7.34. The van der Waals surface area contributed by atoms with Crippen molar-refractivity contribution in [2.24, 2.45) is 4.99 Å². The van der Waals surface area contributed by atoms with Gasteiger partial charge in [0.15, 0.2) is 11.8 Å². The summed E-state index contributed by atoms with van der Waals surface area (Å²) >= 11 is 2.05. The van der Waals surface area contributed by atoms with E-state index in [9.17, 15) is 0 Å². The Kier molecular flexibility index (Phi) is 6.17. The summed E-state index contributed by atoms with van der Waals surface area (Å²) in [6.45, 7) is 7.44. The van der Waals surface area contributed by atoms with Gasteiger partial charge >= 0.3 is 0 Å². The molecule has 1 aromatic rings. The fraction of sp³-hybridized carbons (Fsp3) is 0.769. The Hall–Kier alpha value is -1.24. The molecule has 1 aliphatic heterocycles. The minimum atomic E-state index is 0.557. The highest BCUT2D eigenvalue weighted by molar-refractivity contribution is 8.00. The number of hydrogen-bond acceptors (Lipinski definition) is 4. The van der Waals surface area contributed by atoms with Crippen LogP contribution >= 0.6 is 11.8 Å². The zero-order valence-electron chi connectivity index (χ0n) is 12.3.